The second-order valence-electron chi connectivity index (χ2n) is 6.47. The van der Waals surface area contributed by atoms with Crippen LogP contribution >= 0.6 is 0 Å². The molecule has 3 rings (SSSR count). The molecule has 24 heavy (non-hydrogen) atoms. The molecule has 0 radical (unpaired) electrons. The third-order valence-electron chi connectivity index (χ3n) is 4.76. The number of hydrogen-bond acceptors (Lipinski definition) is 6. The fourth-order valence-corrected chi connectivity index (χ4v) is 7.98. The zero-order valence-corrected chi connectivity index (χ0v) is 15.4. The fraction of sp³-hybridized carbons (Fsp3) is 0.667. The zero-order chi connectivity index (χ0) is 17.4. The van der Waals surface area contributed by atoms with E-state index >= 15 is 0 Å². The summed E-state index contributed by atoms with van der Waals surface area (Å²) in [6.45, 7) is 4.20. The van der Waals surface area contributed by atoms with Crippen molar-refractivity contribution >= 4 is 25.5 Å². The summed E-state index contributed by atoms with van der Waals surface area (Å²) < 4.78 is 50.3. The van der Waals surface area contributed by atoms with Crippen molar-refractivity contribution in [1.29, 1.82) is 0 Å². The second kappa shape index (κ2) is 6.61. The van der Waals surface area contributed by atoms with Crippen LogP contribution in [0.5, 0.6) is 0 Å². The number of hydrogen-bond donors (Lipinski definition) is 0. The van der Waals surface area contributed by atoms with Crippen LogP contribution in [-0.2, 0) is 19.9 Å². The van der Waals surface area contributed by atoms with Crippen LogP contribution < -0.4 is 4.90 Å². The van der Waals surface area contributed by atoms with E-state index in [0.29, 0.717) is 19.6 Å². The van der Waals surface area contributed by atoms with E-state index in [1.54, 1.807) is 12.4 Å². The van der Waals surface area contributed by atoms with Gasteiger partial charge in [0.2, 0.25) is 10.0 Å². The van der Waals surface area contributed by atoms with Gasteiger partial charge in [0.05, 0.1) is 16.8 Å². The van der Waals surface area contributed by atoms with Gasteiger partial charge in [-0.05, 0) is 31.4 Å². The van der Waals surface area contributed by atoms with Gasteiger partial charge in [-0.15, -0.1) is 0 Å². The highest BCUT2D eigenvalue weighted by Crippen LogP contribution is 2.25. The van der Waals surface area contributed by atoms with E-state index in [2.05, 4.69) is 9.88 Å². The molecule has 1 unspecified atom stereocenters. The summed E-state index contributed by atoms with van der Waals surface area (Å²) in [5.74, 6) is -0.258. The summed E-state index contributed by atoms with van der Waals surface area (Å²) in [7, 11) is -6.77. The molecular weight excluding hydrogens is 350 g/mol. The molecule has 2 aliphatic rings. The molecule has 1 aromatic rings. The smallest absolute Gasteiger partial charge is 0.218 e. The van der Waals surface area contributed by atoms with Crippen molar-refractivity contribution in [3.05, 3.63) is 24.0 Å². The predicted molar refractivity (Wildman–Crippen MR) is 93.4 cm³/mol. The lowest BCUT2D eigenvalue weighted by Gasteiger charge is -2.25. The SMILES string of the molecule is Cc1cnccc1N1CCCN(S(=O)(=O)C2CCS(=O)(=O)C2)CC1. The van der Waals surface area contributed by atoms with Crippen molar-refractivity contribution in [3.8, 4) is 0 Å². The number of sulfone groups is 1. The summed E-state index contributed by atoms with van der Waals surface area (Å²) >= 11 is 0. The molecule has 2 saturated heterocycles. The predicted octanol–water partition coefficient (Wildman–Crippen LogP) is 0.419. The van der Waals surface area contributed by atoms with E-state index in [9.17, 15) is 16.8 Å². The Morgan fingerprint density at radius 3 is 2.67 bits per heavy atom. The first-order chi connectivity index (χ1) is 11.3. The highest BCUT2D eigenvalue weighted by atomic mass is 32.2. The van der Waals surface area contributed by atoms with Gasteiger partial charge in [-0.2, -0.15) is 4.31 Å². The quantitative estimate of drug-likeness (QED) is 0.763. The van der Waals surface area contributed by atoms with Crippen LogP contribution in [0, 0.1) is 6.92 Å². The van der Waals surface area contributed by atoms with Crippen molar-refractivity contribution in [2.45, 2.75) is 25.0 Å². The maximum absolute atomic E-state index is 12.8. The second-order valence-corrected chi connectivity index (χ2v) is 10.9. The van der Waals surface area contributed by atoms with Crippen LogP contribution in [0.15, 0.2) is 18.5 Å². The molecule has 0 aromatic carbocycles. The third kappa shape index (κ3) is 3.57. The van der Waals surface area contributed by atoms with E-state index < -0.39 is 25.1 Å². The summed E-state index contributed by atoms with van der Waals surface area (Å²) in [5, 5.41) is -0.781. The zero-order valence-electron chi connectivity index (χ0n) is 13.8. The Balaban J connectivity index is 1.73. The molecule has 0 aliphatic carbocycles. The molecule has 1 aromatic heterocycles. The lowest BCUT2D eigenvalue weighted by molar-refractivity contribution is 0.426. The standard InChI is InChI=1S/C15H23N3O4S2/c1-13-11-16-5-3-15(13)17-6-2-7-18(9-8-17)24(21,22)14-4-10-23(19,20)12-14/h3,5,11,14H,2,4,6-10,12H2,1H3. The highest BCUT2D eigenvalue weighted by Gasteiger charge is 2.40. The molecule has 0 amide bonds. The Hall–Kier alpha value is -1.19. The molecule has 0 bridgehead atoms. The van der Waals surface area contributed by atoms with Crippen LogP contribution in [0.4, 0.5) is 5.69 Å². The number of rotatable bonds is 3. The lowest BCUT2D eigenvalue weighted by Crippen LogP contribution is -2.41. The van der Waals surface area contributed by atoms with Crippen molar-refractivity contribution in [2.75, 3.05) is 42.6 Å². The molecule has 7 nitrogen and oxygen atoms in total. The molecule has 134 valence electrons. The lowest BCUT2D eigenvalue weighted by atomic mass is 10.2. The summed E-state index contributed by atoms with van der Waals surface area (Å²) in [4.78, 5) is 6.27. The average Bonchev–Trinajstić information content (AvgIpc) is 2.74. The van der Waals surface area contributed by atoms with Gasteiger partial charge in [0.1, 0.15) is 0 Å². The van der Waals surface area contributed by atoms with Crippen molar-refractivity contribution in [1.82, 2.24) is 9.29 Å². The van der Waals surface area contributed by atoms with Gasteiger partial charge in [-0.3, -0.25) is 4.98 Å². The number of nitrogens with zero attached hydrogens (tertiary/aromatic N) is 3. The van der Waals surface area contributed by atoms with Crippen molar-refractivity contribution in [2.24, 2.45) is 0 Å². The maximum Gasteiger partial charge on any atom is 0.218 e. The van der Waals surface area contributed by atoms with Gasteiger partial charge >= 0.3 is 0 Å². The minimum Gasteiger partial charge on any atom is -0.370 e. The van der Waals surface area contributed by atoms with E-state index in [0.717, 1.165) is 24.2 Å². The van der Waals surface area contributed by atoms with Crippen molar-refractivity contribution in [3.63, 3.8) is 0 Å². The first-order valence-corrected chi connectivity index (χ1v) is 11.5. The van der Waals surface area contributed by atoms with E-state index in [-0.39, 0.29) is 17.9 Å². The Labute approximate surface area is 143 Å². The molecule has 0 spiro atoms. The third-order valence-corrected chi connectivity index (χ3v) is 9.07. The summed E-state index contributed by atoms with van der Waals surface area (Å²) in [5.41, 5.74) is 2.14. The number of anilines is 1. The maximum atomic E-state index is 12.8. The Bertz CT molecular complexity index is 808. The monoisotopic (exact) mass is 373 g/mol. The first kappa shape index (κ1) is 17.6. The molecule has 3 heterocycles. The van der Waals surface area contributed by atoms with Gasteiger partial charge in [0.15, 0.2) is 9.84 Å². The molecular formula is C15H23N3O4S2. The number of pyridine rings is 1. The van der Waals surface area contributed by atoms with Gasteiger partial charge in [-0.25, -0.2) is 16.8 Å². The van der Waals surface area contributed by atoms with E-state index in [1.807, 2.05) is 13.0 Å². The highest BCUT2D eigenvalue weighted by molar-refractivity contribution is 7.95. The van der Waals surface area contributed by atoms with Crippen LogP contribution in [0.2, 0.25) is 0 Å². The van der Waals surface area contributed by atoms with Gasteiger partial charge in [0.25, 0.3) is 0 Å². The van der Waals surface area contributed by atoms with Gasteiger partial charge < -0.3 is 4.90 Å². The first-order valence-electron chi connectivity index (χ1n) is 8.14. The van der Waals surface area contributed by atoms with Crippen LogP contribution in [0.25, 0.3) is 0 Å². The summed E-state index contributed by atoms with van der Waals surface area (Å²) in [6, 6.07) is 1.95. The minimum absolute atomic E-state index is 0.0208. The summed E-state index contributed by atoms with van der Waals surface area (Å²) in [6.07, 6.45) is 4.48. The number of sulfonamides is 1. The Morgan fingerprint density at radius 2 is 2.00 bits per heavy atom. The molecule has 0 saturated carbocycles. The average molecular weight is 374 g/mol. The molecule has 9 heteroatoms. The van der Waals surface area contributed by atoms with E-state index in [4.69, 9.17) is 0 Å². The van der Waals surface area contributed by atoms with Crippen LogP contribution in [0.1, 0.15) is 18.4 Å². The number of aryl methyl sites for hydroxylation is 1. The van der Waals surface area contributed by atoms with Gasteiger partial charge in [0, 0.05) is 44.3 Å². The molecule has 1 atom stereocenters. The number of aromatic nitrogens is 1. The fourth-order valence-electron chi connectivity index (χ4n) is 3.42. The van der Waals surface area contributed by atoms with Crippen molar-refractivity contribution < 1.29 is 16.8 Å². The van der Waals surface area contributed by atoms with Crippen LogP contribution in [-0.4, -0.2) is 69.1 Å². The minimum atomic E-state index is -3.56. The molecule has 2 fully saturated rings. The Morgan fingerprint density at radius 1 is 1.21 bits per heavy atom. The molecule has 2 aliphatic heterocycles. The molecule has 0 N–H and O–H groups in total. The largest absolute Gasteiger partial charge is 0.370 e. The normalized spacial score (nSPS) is 25.5. The van der Waals surface area contributed by atoms with Gasteiger partial charge in [-0.1, -0.05) is 0 Å². The topological polar surface area (TPSA) is 87.7 Å². The van der Waals surface area contributed by atoms with Crippen LogP contribution in [0.3, 0.4) is 0 Å². The van der Waals surface area contributed by atoms with E-state index in [1.165, 1.54) is 4.31 Å². The Kier molecular flexibility index (Phi) is 4.85.